The number of nitrogens with one attached hydrogen (secondary N) is 1. The number of Topliss-reactive ketones (excluding diaryl/α,β-unsaturated/α-hetero) is 1. The van der Waals surface area contributed by atoms with E-state index in [0.29, 0.717) is 18.4 Å². The van der Waals surface area contributed by atoms with Gasteiger partial charge in [-0.25, -0.2) is 0 Å². The van der Waals surface area contributed by atoms with Crippen LogP contribution in [-0.2, 0) is 4.79 Å². The van der Waals surface area contributed by atoms with Gasteiger partial charge in [0.2, 0.25) is 5.78 Å². The van der Waals surface area contributed by atoms with Crippen molar-refractivity contribution in [3.63, 3.8) is 0 Å². The molecule has 3 heterocycles. The molecule has 0 spiro atoms. The van der Waals surface area contributed by atoms with E-state index in [-0.39, 0.29) is 62.9 Å². The number of hydrogen-bond donors (Lipinski definition) is 7. The lowest BCUT2D eigenvalue weighted by Gasteiger charge is -2.33. The monoisotopic (exact) mass is 639 g/mol. The van der Waals surface area contributed by atoms with Crippen molar-refractivity contribution in [1.29, 1.82) is 0 Å². The molecule has 0 saturated carbocycles. The van der Waals surface area contributed by atoms with Gasteiger partial charge in [-0.3, -0.25) is 9.59 Å². The van der Waals surface area contributed by atoms with Gasteiger partial charge in [0, 0.05) is 40.3 Å². The van der Waals surface area contributed by atoms with Gasteiger partial charge in [-0.05, 0) is 58.8 Å². The van der Waals surface area contributed by atoms with E-state index < -0.39 is 58.9 Å². The average Bonchev–Trinajstić information content (AvgIpc) is 3.27. The van der Waals surface area contributed by atoms with Crippen molar-refractivity contribution in [3.8, 4) is 23.0 Å². The number of ketones is 1. The minimum Gasteiger partial charge on any atom is -0.507 e. The largest absolute Gasteiger partial charge is 0.507 e. The first kappa shape index (κ1) is 35.3. The first-order valence-corrected chi connectivity index (χ1v) is 16.1. The van der Waals surface area contributed by atoms with Crippen LogP contribution in [0.5, 0.6) is 23.0 Å². The number of allylic oxidation sites excluding steroid dienone is 1. The van der Waals surface area contributed by atoms with Gasteiger partial charge in [0.05, 0.1) is 34.9 Å². The number of benzene rings is 2. The lowest BCUT2D eigenvalue weighted by molar-refractivity contribution is -0.112. The number of fused-ring (bicyclic) bond motifs is 15. The van der Waals surface area contributed by atoms with E-state index in [2.05, 4.69) is 12.2 Å². The molecule has 1 amide bonds. The van der Waals surface area contributed by atoms with Crippen molar-refractivity contribution < 1.29 is 45.0 Å². The second-order valence-electron chi connectivity index (χ2n) is 13.8. The number of aliphatic hydroxyl groups is 3. The summed E-state index contributed by atoms with van der Waals surface area (Å²) < 4.78 is 6.13. The summed E-state index contributed by atoms with van der Waals surface area (Å²) in [6, 6.07) is 0. The third kappa shape index (κ3) is 6.22. The number of carbonyl (C=O) groups is 2. The Morgan fingerprint density at radius 1 is 0.870 bits per heavy atom. The topological polar surface area (TPSA) is 177 Å². The molecule has 2 aromatic rings. The van der Waals surface area contributed by atoms with Crippen LogP contribution < -0.4 is 10.1 Å². The Kier molecular flexibility index (Phi) is 10.2. The van der Waals surface area contributed by atoms with E-state index in [1.807, 2.05) is 6.92 Å². The molecule has 8 atom stereocenters. The van der Waals surface area contributed by atoms with Crippen LogP contribution in [0.1, 0.15) is 88.7 Å². The summed E-state index contributed by atoms with van der Waals surface area (Å²) in [5.74, 6) is -3.27. The fourth-order valence-corrected chi connectivity index (χ4v) is 6.87. The van der Waals surface area contributed by atoms with Crippen LogP contribution in [0.15, 0.2) is 23.8 Å². The maximum atomic E-state index is 14.0. The van der Waals surface area contributed by atoms with Crippen molar-refractivity contribution in [2.45, 2.75) is 105 Å². The normalized spacial score (nSPS) is 33.5. The Morgan fingerprint density at radius 2 is 1.50 bits per heavy atom. The molecule has 2 aromatic carbocycles. The van der Waals surface area contributed by atoms with Gasteiger partial charge in [0.25, 0.3) is 5.91 Å². The molecule has 3 aliphatic rings. The Hall–Kier alpha value is -3.60. The van der Waals surface area contributed by atoms with Crippen molar-refractivity contribution in [2.75, 3.05) is 5.32 Å². The molecule has 5 bridgehead atoms. The third-order valence-corrected chi connectivity index (χ3v) is 10.2. The SMILES string of the molecule is C/C1=C/CC[C@H](C)C[C@@H](C)[C@@H](O)[C@@H](C)[C@H](O)[C@H](C)[C@@H](O)/C=C/C[C@@]2(C)Oc3c(C)c(O)c4c(O)c(c(C)c(O)c4c3C2=O)NC1=O. The molecule has 252 valence electrons. The van der Waals surface area contributed by atoms with Crippen LogP contribution in [0, 0.1) is 37.5 Å². The number of phenolic OH excluding ortho intramolecular Hbond substituents is 3. The smallest absolute Gasteiger partial charge is 0.251 e. The zero-order valence-corrected chi connectivity index (χ0v) is 28.0. The number of hydrogen-bond acceptors (Lipinski definition) is 9. The van der Waals surface area contributed by atoms with E-state index in [1.54, 1.807) is 39.8 Å². The van der Waals surface area contributed by atoms with Crippen LogP contribution in [0.2, 0.25) is 0 Å². The fourth-order valence-electron chi connectivity index (χ4n) is 6.87. The third-order valence-electron chi connectivity index (χ3n) is 10.2. The highest BCUT2D eigenvalue weighted by Gasteiger charge is 2.47. The molecule has 10 heteroatoms. The highest BCUT2D eigenvalue weighted by Crippen LogP contribution is 2.55. The second-order valence-corrected chi connectivity index (χ2v) is 13.8. The van der Waals surface area contributed by atoms with E-state index in [4.69, 9.17) is 4.74 Å². The molecule has 46 heavy (non-hydrogen) atoms. The van der Waals surface area contributed by atoms with Crippen molar-refractivity contribution in [1.82, 2.24) is 0 Å². The van der Waals surface area contributed by atoms with Gasteiger partial charge in [0.15, 0.2) is 11.4 Å². The second kappa shape index (κ2) is 13.3. The lowest BCUT2D eigenvalue weighted by Crippen LogP contribution is -2.41. The summed E-state index contributed by atoms with van der Waals surface area (Å²) in [7, 11) is 0. The van der Waals surface area contributed by atoms with Crippen LogP contribution in [0.25, 0.3) is 10.8 Å². The number of phenols is 3. The molecule has 0 fully saturated rings. The molecule has 3 aliphatic heterocycles. The van der Waals surface area contributed by atoms with Gasteiger partial charge in [-0.2, -0.15) is 0 Å². The maximum absolute atomic E-state index is 14.0. The van der Waals surface area contributed by atoms with Gasteiger partial charge >= 0.3 is 0 Å². The molecular formula is C36H49NO9. The van der Waals surface area contributed by atoms with Gasteiger partial charge < -0.3 is 40.7 Å². The Morgan fingerprint density at radius 3 is 2.15 bits per heavy atom. The number of ether oxygens (including phenoxy) is 1. The Bertz CT molecular complexity index is 1590. The molecule has 0 aromatic heterocycles. The highest BCUT2D eigenvalue weighted by molar-refractivity contribution is 6.22. The quantitative estimate of drug-likeness (QED) is 0.111. The van der Waals surface area contributed by atoms with E-state index in [9.17, 15) is 40.2 Å². The molecule has 10 nitrogen and oxygen atoms in total. The number of aliphatic hydroxyl groups excluding tert-OH is 3. The average molecular weight is 640 g/mol. The fraction of sp³-hybridized carbons (Fsp3) is 0.556. The highest BCUT2D eigenvalue weighted by atomic mass is 16.5. The van der Waals surface area contributed by atoms with E-state index >= 15 is 0 Å². The first-order chi connectivity index (χ1) is 21.4. The summed E-state index contributed by atoms with van der Waals surface area (Å²) >= 11 is 0. The van der Waals surface area contributed by atoms with Crippen molar-refractivity contribution >= 4 is 28.2 Å². The minimum absolute atomic E-state index is 0.00380. The lowest BCUT2D eigenvalue weighted by atomic mass is 9.79. The van der Waals surface area contributed by atoms with Crippen LogP contribution in [0.3, 0.4) is 0 Å². The summed E-state index contributed by atoms with van der Waals surface area (Å²) in [6.07, 6.45) is 4.00. The molecule has 0 radical (unpaired) electrons. The molecule has 7 N–H and O–H groups in total. The first-order valence-electron chi connectivity index (χ1n) is 16.1. The Labute approximate surface area is 270 Å². The molecule has 0 saturated heterocycles. The summed E-state index contributed by atoms with van der Waals surface area (Å²) in [4.78, 5) is 27.1. The Balaban J connectivity index is 1.83. The standard InChI is InChI=1S/C36H49NO9/c1-16-11-9-12-17(2)35(45)37-27-20(5)30(41)24-25(32(27)43)31(42)22(7)33-26(24)34(44)36(8,46-33)14-10-13-23(38)19(4)29(40)21(6)28(39)18(3)15-16/h10,12-13,16,18-19,21,23,28-29,38-43H,9,11,14-15H2,1-8H3,(H,37,45)/b13-10+,17-12-/t16-,18+,19+,21+,23-,28+,29+,36+/m0/s1. The number of amides is 1. The van der Waals surface area contributed by atoms with Gasteiger partial charge in [0.1, 0.15) is 17.2 Å². The number of rotatable bonds is 0. The summed E-state index contributed by atoms with van der Waals surface area (Å²) in [6.45, 7) is 13.7. The van der Waals surface area contributed by atoms with Crippen molar-refractivity contribution in [3.05, 3.63) is 40.5 Å². The zero-order chi connectivity index (χ0) is 34.4. The number of carbonyl (C=O) groups excluding carboxylic acids is 2. The van der Waals surface area contributed by atoms with Gasteiger partial charge in [-0.15, -0.1) is 0 Å². The predicted octanol–water partition coefficient (Wildman–Crippen LogP) is 5.55. The molecular weight excluding hydrogens is 590 g/mol. The van der Waals surface area contributed by atoms with Crippen LogP contribution in [-0.4, -0.2) is 66.2 Å². The van der Waals surface area contributed by atoms with E-state index in [1.165, 1.54) is 19.9 Å². The van der Waals surface area contributed by atoms with Crippen LogP contribution >= 0.6 is 0 Å². The molecule has 5 rings (SSSR count). The zero-order valence-electron chi connectivity index (χ0n) is 28.0. The summed E-state index contributed by atoms with van der Waals surface area (Å²) in [5, 5.41) is 69.4. The number of anilines is 1. The predicted molar refractivity (Wildman–Crippen MR) is 176 cm³/mol. The minimum atomic E-state index is -1.47. The maximum Gasteiger partial charge on any atom is 0.251 e. The molecule has 0 aliphatic carbocycles. The summed E-state index contributed by atoms with van der Waals surface area (Å²) in [5.41, 5.74) is -0.887. The van der Waals surface area contributed by atoms with Crippen molar-refractivity contribution in [2.24, 2.45) is 23.7 Å². The number of aromatic hydroxyl groups is 3. The van der Waals surface area contributed by atoms with Gasteiger partial charge in [-0.1, -0.05) is 45.9 Å². The van der Waals surface area contributed by atoms with E-state index in [0.717, 1.165) is 6.42 Å². The molecule has 0 unspecified atom stereocenters. The van der Waals surface area contributed by atoms with Crippen LogP contribution in [0.4, 0.5) is 5.69 Å².